The molecule has 0 amide bonds. The van der Waals surface area contributed by atoms with E-state index in [0.717, 1.165) is 11.8 Å². The molecule has 0 aliphatic heterocycles. The van der Waals surface area contributed by atoms with Gasteiger partial charge in [0, 0.05) is 0 Å². The van der Waals surface area contributed by atoms with Crippen molar-refractivity contribution in [3.05, 3.63) is 0 Å². The molecule has 114 valence electrons. The van der Waals surface area contributed by atoms with Gasteiger partial charge in [0.2, 0.25) is 0 Å². The maximum atomic E-state index is 2.30. The SMILES string of the molecule is CCC(C)(C)CC.CCC(C)C.CCC(C)CC. The normalized spacial score (nSPS) is 10.7. The summed E-state index contributed by atoms with van der Waals surface area (Å²) in [6, 6.07) is 0. The van der Waals surface area contributed by atoms with E-state index >= 15 is 0 Å². The molecule has 0 heteroatoms. The van der Waals surface area contributed by atoms with E-state index in [1.165, 1.54) is 32.1 Å². The predicted octanol–water partition coefficient (Wildman–Crippen LogP) is 7.33. The number of rotatable bonds is 5. The van der Waals surface area contributed by atoms with E-state index in [0.29, 0.717) is 5.41 Å². The van der Waals surface area contributed by atoms with E-state index in [1.54, 1.807) is 0 Å². The average molecular weight is 259 g/mol. The molecule has 0 aliphatic carbocycles. The van der Waals surface area contributed by atoms with Crippen molar-refractivity contribution >= 4 is 0 Å². The number of hydrogen-bond acceptors (Lipinski definition) is 0. The van der Waals surface area contributed by atoms with Crippen LogP contribution in [-0.4, -0.2) is 0 Å². The summed E-state index contributed by atoms with van der Waals surface area (Å²) in [5.41, 5.74) is 0.583. The minimum atomic E-state index is 0.583. The summed E-state index contributed by atoms with van der Waals surface area (Å²) in [7, 11) is 0. The molecule has 0 spiro atoms. The van der Waals surface area contributed by atoms with Gasteiger partial charge in [-0.15, -0.1) is 0 Å². The van der Waals surface area contributed by atoms with Gasteiger partial charge in [0.15, 0.2) is 0 Å². The molecular formula is C18H42. The molecule has 0 unspecified atom stereocenters. The van der Waals surface area contributed by atoms with Crippen molar-refractivity contribution in [1.29, 1.82) is 0 Å². The molecule has 0 heterocycles. The van der Waals surface area contributed by atoms with Gasteiger partial charge in [0.05, 0.1) is 0 Å². The van der Waals surface area contributed by atoms with Crippen LogP contribution >= 0.6 is 0 Å². The van der Waals surface area contributed by atoms with Crippen LogP contribution in [-0.2, 0) is 0 Å². The van der Waals surface area contributed by atoms with Crippen LogP contribution in [0.2, 0.25) is 0 Å². The van der Waals surface area contributed by atoms with Crippen LogP contribution in [0.3, 0.4) is 0 Å². The largest absolute Gasteiger partial charge is 0.0651 e. The van der Waals surface area contributed by atoms with Crippen LogP contribution in [0, 0.1) is 17.3 Å². The van der Waals surface area contributed by atoms with Crippen molar-refractivity contribution in [2.24, 2.45) is 17.3 Å². The zero-order valence-electron chi connectivity index (χ0n) is 15.2. The van der Waals surface area contributed by atoms with Crippen LogP contribution in [0.5, 0.6) is 0 Å². The van der Waals surface area contributed by atoms with E-state index in [4.69, 9.17) is 0 Å². The van der Waals surface area contributed by atoms with Gasteiger partial charge in [0.25, 0.3) is 0 Å². The van der Waals surface area contributed by atoms with E-state index < -0.39 is 0 Å². The maximum Gasteiger partial charge on any atom is -0.0359 e. The second kappa shape index (κ2) is 15.1. The van der Waals surface area contributed by atoms with Crippen LogP contribution < -0.4 is 0 Å². The Labute approximate surface area is 119 Å². The van der Waals surface area contributed by atoms with Crippen molar-refractivity contribution in [2.75, 3.05) is 0 Å². The highest BCUT2D eigenvalue weighted by molar-refractivity contribution is 4.61. The molecule has 0 saturated heterocycles. The first-order chi connectivity index (χ1) is 8.20. The third-order valence-electron chi connectivity index (χ3n) is 4.12. The van der Waals surface area contributed by atoms with Gasteiger partial charge in [-0.25, -0.2) is 0 Å². The first-order valence-corrected chi connectivity index (χ1v) is 8.20. The van der Waals surface area contributed by atoms with Gasteiger partial charge in [-0.05, 0) is 17.3 Å². The van der Waals surface area contributed by atoms with Crippen LogP contribution in [0.25, 0.3) is 0 Å². The van der Waals surface area contributed by atoms with E-state index in [9.17, 15) is 0 Å². The fraction of sp³-hybridized carbons (Fsp3) is 1.00. The molecule has 0 rings (SSSR count). The number of hydrogen-bond donors (Lipinski definition) is 0. The molecule has 0 aromatic carbocycles. The summed E-state index contributed by atoms with van der Waals surface area (Å²) in [5.74, 6) is 1.82. The van der Waals surface area contributed by atoms with Gasteiger partial charge < -0.3 is 0 Å². The van der Waals surface area contributed by atoms with Gasteiger partial charge in [-0.3, -0.25) is 0 Å². The molecular weight excluding hydrogens is 216 g/mol. The first-order valence-electron chi connectivity index (χ1n) is 8.20. The van der Waals surface area contributed by atoms with Gasteiger partial charge in [0.1, 0.15) is 0 Å². The third kappa shape index (κ3) is 25.0. The van der Waals surface area contributed by atoms with E-state index in [1.807, 2.05) is 0 Å². The molecule has 0 atom stereocenters. The lowest BCUT2D eigenvalue weighted by molar-refractivity contribution is 0.338. The second-order valence-electron chi connectivity index (χ2n) is 6.60. The average Bonchev–Trinajstić information content (AvgIpc) is 2.39. The van der Waals surface area contributed by atoms with E-state index in [-0.39, 0.29) is 0 Å². The summed E-state index contributed by atoms with van der Waals surface area (Å²) < 4.78 is 0. The molecule has 0 aromatic rings. The highest BCUT2D eigenvalue weighted by atomic mass is 14.1. The Balaban J connectivity index is -0.000000190. The Morgan fingerprint density at radius 3 is 0.944 bits per heavy atom. The predicted molar refractivity (Wildman–Crippen MR) is 89.2 cm³/mol. The Morgan fingerprint density at radius 1 is 0.667 bits per heavy atom. The maximum absolute atomic E-state index is 2.30. The zero-order valence-corrected chi connectivity index (χ0v) is 15.2. The molecule has 0 bridgehead atoms. The fourth-order valence-electron chi connectivity index (χ4n) is 0.539. The topological polar surface area (TPSA) is 0 Å². The quantitative estimate of drug-likeness (QED) is 0.484. The molecule has 0 aromatic heterocycles. The monoisotopic (exact) mass is 258 g/mol. The molecule has 0 fully saturated rings. The van der Waals surface area contributed by atoms with Crippen LogP contribution in [0.4, 0.5) is 0 Å². The van der Waals surface area contributed by atoms with Crippen molar-refractivity contribution in [3.63, 3.8) is 0 Å². The molecule has 0 N–H and O–H groups in total. The van der Waals surface area contributed by atoms with Crippen molar-refractivity contribution in [3.8, 4) is 0 Å². The molecule has 0 saturated carbocycles. The first kappa shape index (κ1) is 23.1. The third-order valence-corrected chi connectivity index (χ3v) is 4.12. The van der Waals surface area contributed by atoms with Crippen LogP contribution in [0.15, 0.2) is 0 Å². The second-order valence-corrected chi connectivity index (χ2v) is 6.60. The van der Waals surface area contributed by atoms with Gasteiger partial charge in [-0.1, -0.05) is 101 Å². The van der Waals surface area contributed by atoms with Gasteiger partial charge >= 0.3 is 0 Å². The Morgan fingerprint density at radius 2 is 0.944 bits per heavy atom. The lowest BCUT2D eigenvalue weighted by Gasteiger charge is -2.18. The minimum Gasteiger partial charge on any atom is -0.0651 e. The fourth-order valence-corrected chi connectivity index (χ4v) is 0.539. The Hall–Kier alpha value is 0. The molecule has 18 heavy (non-hydrogen) atoms. The zero-order chi connectivity index (χ0) is 15.2. The summed E-state index contributed by atoms with van der Waals surface area (Å²) in [5, 5.41) is 0. The minimum absolute atomic E-state index is 0.583. The highest BCUT2D eigenvalue weighted by Gasteiger charge is 2.09. The summed E-state index contributed by atoms with van der Waals surface area (Å²) >= 11 is 0. The summed E-state index contributed by atoms with van der Waals surface area (Å²) in [6.07, 6.45) is 6.56. The molecule has 0 aliphatic rings. The Bertz CT molecular complexity index is 123. The molecule has 0 nitrogen and oxygen atoms in total. The smallest absolute Gasteiger partial charge is 0.0359 e. The van der Waals surface area contributed by atoms with E-state index in [2.05, 4.69) is 69.2 Å². The van der Waals surface area contributed by atoms with Crippen molar-refractivity contribution in [2.45, 2.75) is 101 Å². The lowest BCUT2D eigenvalue weighted by Crippen LogP contribution is -2.05. The Kier molecular flexibility index (Phi) is 19.3. The van der Waals surface area contributed by atoms with Crippen molar-refractivity contribution in [1.82, 2.24) is 0 Å². The standard InChI is InChI=1S/C7H16.C6H14.C5H12/c1-5-7(3,4)6-2;1-4-6(3)5-2;1-4-5(2)3/h5-6H2,1-4H3;6H,4-5H2,1-3H3;5H,4H2,1-3H3. The summed E-state index contributed by atoms with van der Waals surface area (Å²) in [4.78, 5) is 0. The highest BCUT2D eigenvalue weighted by Crippen LogP contribution is 2.22. The van der Waals surface area contributed by atoms with Crippen molar-refractivity contribution < 1.29 is 0 Å². The molecule has 0 radical (unpaired) electrons. The van der Waals surface area contributed by atoms with Gasteiger partial charge in [-0.2, -0.15) is 0 Å². The lowest BCUT2D eigenvalue weighted by atomic mass is 9.88. The summed E-state index contributed by atoms with van der Waals surface area (Å²) in [6.45, 7) is 22.5. The van der Waals surface area contributed by atoms with Crippen LogP contribution in [0.1, 0.15) is 101 Å².